The molecule has 1 aromatic heterocycles. The van der Waals surface area contributed by atoms with E-state index in [0.717, 1.165) is 12.8 Å². The van der Waals surface area contributed by atoms with Crippen molar-refractivity contribution in [1.82, 2.24) is 9.78 Å². The van der Waals surface area contributed by atoms with Gasteiger partial charge < -0.3 is 5.32 Å². The minimum Gasteiger partial charge on any atom is -0.310 e. The molecule has 0 aliphatic heterocycles. The van der Waals surface area contributed by atoms with E-state index < -0.39 is 30.1 Å². The van der Waals surface area contributed by atoms with Crippen LogP contribution in [0.4, 0.5) is 23.4 Å². The molecule has 4 rings (SSSR count). The molecule has 0 radical (unpaired) electrons. The predicted octanol–water partition coefficient (Wildman–Crippen LogP) is 3.63. The van der Waals surface area contributed by atoms with Crippen LogP contribution in [-0.4, -0.2) is 27.5 Å². The highest BCUT2D eigenvalue weighted by Crippen LogP contribution is 2.51. The fraction of sp³-hybridized carbons (Fsp3) is 0.733. The Balaban J connectivity index is 1.58. The number of aromatic nitrogens is 2. The van der Waals surface area contributed by atoms with Crippen LogP contribution in [0.2, 0.25) is 0 Å². The van der Waals surface area contributed by atoms with E-state index in [-0.39, 0.29) is 24.8 Å². The molecule has 1 atom stereocenters. The Labute approximate surface area is 130 Å². The van der Waals surface area contributed by atoms with Crippen molar-refractivity contribution in [1.29, 1.82) is 0 Å². The van der Waals surface area contributed by atoms with Crippen molar-refractivity contribution in [2.24, 2.45) is 5.92 Å². The van der Waals surface area contributed by atoms with E-state index in [1.165, 1.54) is 0 Å². The molecule has 1 aromatic rings. The van der Waals surface area contributed by atoms with Gasteiger partial charge in [-0.2, -0.15) is 5.10 Å². The highest BCUT2D eigenvalue weighted by Gasteiger charge is 2.61. The number of carbonyl (C=O) groups is 1. The second-order valence-corrected chi connectivity index (χ2v) is 7.00. The van der Waals surface area contributed by atoms with Gasteiger partial charge in [0.2, 0.25) is 11.8 Å². The maximum absolute atomic E-state index is 13.1. The first-order valence-electron chi connectivity index (χ1n) is 7.83. The van der Waals surface area contributed by atoms with Gasteiger partial charge in [0.15, 0.2) is 0 Å². The molecule has 4 nitrogen and oxygen atoms in total. The fourth-order valence-electron chi connectivity index (χ4n) is 3.21. The standard InChI is InChI=1S/C15H17F4N3O/c1-7-11(8-4-14(16,17)5-8)21-22(9-2-3-9)12(7)20-13(23)10-6-15(10,18)19/h8-10H,2-6H2,1H3,(H,20,23)/t10-/m0/s1. The van der Waals surface area contributed by atoms with Gasteiger partial charge in [0, 0.05) is 30.7 Å². The van der Waals surface area contributed by atoms with E-state index in [0.29, 0.717) is 17.1 Å². The molecule has 1 heterocycles. The fourth-order valence-corrected chi connectivity index (χ4v) is 3.21. The largest absolute Gasteiger partial charge is 0.310 e. The van der Waals surface area contributed by atoms with Crippen LogP contribution in [-0.2, 0) is 4.79 Å². The van der Waals surface area contributed by atoms with Gasteiger partial charge in [-0.05, 0) is 19.8 Å². The summed E-state index contributed by atoms with van der Waals surface area (Å²) in [4.78, 5) is 12.0. The number of amides is 1. The van der Waals surface area contributed by atoms with Crippen molar-refractivity contribution in [3.05, 3.63) is 11.3 Å². The summed E-state index contributed by atoms with van der Waals surface area (Å²) in [6.07, 6.45) is 0.859. The lowest BCUT2D eigenvalue weighted by atomic mass is 9.78. The summed E-state index contributed by atoms with van der Waals surface area (Å²) in [5.41, 5.74) is 1.18. The van der Waals surface area contributed by atoms with Crippen molar-refractivity contribution in [3.8, 4) is 0 Å². The molecule has 3 aliphatic carbocycles. The number of anilines is 1. The highest BCUT2D eigenvalue weighted by molar-refractivity contribution is 5.95. The molecular formula is C15H17F4N3O. The Kier molecular flexibility index (Phi) is 2.91. The number of hydrogen-bond acceptors (Lipinski definition) is 2. The Morgan fingerprint density at radius 2 is 1.83 bits per heavy atom. The van der Waals surface area contributed by atoms with Gasteiger partial charge in [-0.25, -0.2) is 22.2 Å². The van der Waals surface area contributed by atoms with Crippen molar-refractivity contribution in [2.45, 2.75) is 62.8 Å². The maximum Gasteiger partial charge on any atom is 0.260 e. The van der Waals surface area contributed by atoms with Crippen molar-refractivity contribution < 1.29 is 22.4 Å². The lowest BCUT2D eigenvalue weighted by molar-refractivity contribution is -0.119. The average molecular weight is 331 g/mol. The normalized spacial score (nSPS) is 28.3. The van der Waals surface area contributed by atoms with Crippen LogP contribution in [0.1, 0.15) is 55.3 Å². The molecule has 1 N–H and O–H groups in total. The highest BCUT2D eigenvalue weighted by atomic mass is 19.3. The Bertz CT molecular complexity index is 673. The lowest BCUT2D eigenvalue weighted by Crippen LogP contribution is -2.34. The first kappa shape index (κ1) is 15.0. The van der Waals surface area contributed by atoms with E-state index in [1.807, 2.05) is 0 Å². The summed E-state index contributed by atoms with van der Waals surface area (Å²) >= 11 is 0. The molecule has 0 saturated heterocycles. The number of halogens is 4. The van der Waals surface area contributed by atoms with Crippen LogP contribution in [0.25, 0.3) is 0 Å². The van der Waals surface area contributed by atoms with Crippen molar-refractivity contribution >= 4 is 11.7 Å². The number of hydrogen-bond donors (Lipinski definition) is 1. The van der Waals surface area contributed by atoms with Gasteiger partial charge in [0.1, 0.15) is 11.7 Å². The maximum atomic E-state index is 13.1. The van der Waals surface area contributed by atoms with E-state index in [1.54, 1.807) is 11.6 Å². The molecule has 126 valence electrons. The minimum absolute atomic E-state index is 0.123. The SMILES string of the molecule is Cc1c(C2CC(F)(F)C2)nn(C2CC2)c1NC(=O)[C@@H]1CC1(F)F. The molecule has 3 aliphatic rings. The summed E-state index contributed by atoms with van der Waals surface area (Å²) in [5, 5.41) is 6.97. The van der Waals surface area contributed by atoms with E-state index in [9.17, 15) is 22.4 Å². The van der Waals surface area contributed by atoms with Gasteiger partial charge in [-0.15, -0.1) is 0 Å². The molecule has 8 heteroatoms. The Hall–Kier alpha value is -1.60. The van der Waals surface area contributed by atoms with Gasteiger partial charge in [-0.1, -0.05) is 0 Å². The Morgan fingerprint density at radius 1 is 1.22 bits per heavy atom. The van der Waals surface area contributed by atoms with Crippen LogP contribution in [0.3, 0.4) is 0 Å². The molecule has 3 saturated carbocycles. The topological polar surface area (TPSA) is 46.9 Å². The summed E-state index contributed by atoms with van der Waals surface area (Å²) in [6, 6.07) is 0.123. The zero-order valence-electron chi connectivity index (χ0n) is 12.6. The predicted molar refractivity (Wildman–Crippen MR) is 73.8 cm³/mol. The van der Waals surface area contributed by atoms with E-state index >= 15 is 0 Å². The summed E-state index contributed by atoms with van der Waals surface area (Å²) < 4.78 is 53.9. The van der Waals surface area contributed by atoms with Gasteiger partial charge in [-0.3, -0.25) is 4.79 Å². The average Bonchev–Trinajstić information content (AvgIpc) is 3.31. The number of carbonyl (C=O) groups excluding carboxylic acids is 1. The third-order valence-corrected chi connectivity index (χ3v) is 4.94. The van der Waals surface area contributed by atoms with Crippen LogP contribution in [0, 0.1) is 12.8 Å². The van der Waals surface area contributed by atoms with Crippen LogP contribution >= 0.6 is 0 Å². The first-order valence-corrected chi connectivity index (χ1v) is 7.83. The summed E-state index contributed by atoms with van der Waals surface area (Å²) in [6.45, 7) is 1.71. The smallest absolute Gasteiger partial charge is 0.260 e. The second kappa shape index (κ2) is 4.48. The quantitative estimate of drug-likeness (QED) is 0.857. The van der Waals surface area contributed by atoms with E-state index in [2.05, 4.69) is 10.4 Å². The monoisotopic (exact) mass is 331 g/mol. The van der Waals surface area contributed by atoms with Gasteiger partial charge in [0.05, 0.1) is 11.7 Å². The molecule has 23 heavy (non-hydrogen) atoms. The summed E-state index contributed by atoms with van der Waals surface area (Å²) in [5.74, 6) is -7.53. The number of nitrogens with zero attached hydrogens (tertiary/aromatic N) is 2. The number of nitrogens with one attached hydrogen (secondary N) is 1. The lowest BCUT2D eigenvalue weighted by Gasteiger charge is -2.34. The molecule has 0 bridgehead atoms. The van der Waals surface area contributed by atoms with Crippen molar-refractivity contribution in [3.63, 3.8) is 0 Å². The third kappa shape index (κ3) is 2.52. The summed E-state index contributed by atoms with van der Waals surface area (Å²) in [7, 11) is 0. The number of alkyl halides is 4. The third-order valence-electron chi connectivity index (χ3n) is 4.94. The molecule has 1 amide bonds. The van der Waals surface area contributed by atoms with Crippen LogP contribution in [0.15, 0.2) is 0 Å². The molecular weight excluding hydrogens is 314 g/mol. The number of rotatable bonds is 4. The van der Waals surface area contributed by atoms with E-state index in [4.69, 9.17) is 0 Å². The minimum atomic E-state index is -2.93. The zero-order valence-corrected chi connectivity index (χ0v) is 12.6. The van der Waals surface area contributed by atoms with Crippen LogP contribution < -0.4 is 5.32 Å². The first-order chi connectivity index (χ1) is 10.7. The molecule has 3 fully saturated rings. The Morgan fingerprint density at radius 3 is 2.30 bits per heavy atom. The molecule has 0 unspecified atom stereocenters. The second-order valence-electron chi connectivity index (χ2n) is 7.00. The van der Waals surface area contributed by atoms with Crippen molar-refractivity contribution in [2.75, 3.05) is 5.32 Å². The zero-order chi connectivity index (χ0) is 16.6. The van der Waals surface area contributed by atoms with Gasteiger partial charge >= 0.3 is 0 Å². The van der Waals surface area contributed by atoms with Crippen LogP contribution in [0.5, 0.6) is 0 Å². The van der Waals surface area contributed by atoms with Gasteiger partial charge in [0.25, 0.3) is 5.92 Å². The molecule has 0 aromatic carbocycles. The molecule has 0 spiro atoms.